The molecule has 0 spiro atoms. The van der Waals surface area contributed by atoms with Gasteiger partial charge < -0.3 is 0 Å². The van der Waals surface area contributed by atoms with Gasteiger partial charge in [0.2, 0.25) is 0 Å². The molecule has 0 bridgehead atoms. The Morgan fingerprint density at radius 1 is 0.846 bits per heavy atom. The van der Waals surface area contributed by atoms with Gasteiger partial charge in [0.1, 0.15) is 0 Å². The van der Waals surface area contributed by atoms with E-state index in [1.807, 2.05) is 0 Å². The lowest BCUT2D eigenvalue weighted by Gasteiger charge is -2.47. The monoisotopic (exact) mass is 198 g/mol. The zero-order chi connectivity index (χ0) is 10.7. The van der Waals surface area contributed by atoms with Crippen molar-refractivity contribution in [2.45, 2.75) is 65.7 Å². The summed E-state index contributed by atoms with van der Waals surface area (Å²) in [6.45, 7) is 19.9. The quantitative estimate of drug-likeness (QED) is 0.501. The molecule has 1 rings (SSSR count). The molecular formula is C12H26Si. The zero-order valence-corrected chi connectivity index (χ0v) is 11.7. The molecule has 1 heterocycles. The van der Waals surface area contributed by atoms with Crippen molar-refractivity contribution in [2.24, 2.45) is 10.8 Å². The minimum Gasteiger partial charge on any atom is -0.0689 e. The van der Waals surface area contributed by atoms with Gasteiger partial charge in [-0.25, -0.2) is 0 Å². The van der Waals surface area contributed by atoms with Crippen LogP contribution in [0, 0.1) is 10.8 Å². The van der Waals surface area contributed by atoms with Crippen LogP contribution in [0.5, 0.6) is 0 Å². The largest absolute Gasteiger partial charge is 0.0689 e. The smallest absolute Gasteiger partial charge is 0.0541 e. The van der Waals surface area contributed by atoms with E-state index in [2.05, 4.69) is 54.6 Å². The predicted molar refractivity (Wildman–Crippen MR) is 63.9 cm³/mol. The van der Waals surface area contributed by atoms with Gasteiger partial charge in [-0.3, -0.25) is 0 Å². The number of rotatable bonds is 0. The average molecular weight is 198 g/mol. The lowest BCUT2D eigenvalue weighted by atomic mass is 9.63. The first kappa shape index (κ1) is 11.3. The molecule has 0 unspecified atom stereocenters. The molecule has 0 aliphatic carbocycles. The van der Waals surface area contributed by atoms with E-state index in [0.717, 1.165) is 0 Å². The molecule has 1 fully saturated rings. The molecule has 0 atom stereocenters. The lowest BCUT2D eigenvalue weighted by molar-refractivity contribution is 0.109. The highest BCUT2D eigenvalue weighted by molar-refractivity contribution is 6.81. The molecule has 1 saturated heterocycles. The summed E-state index contributed by atoms with van der Waals surface area (Å²) < 4.78 is 0. The van der Waals surface area contributed by atoms with Crippen LogP contribution in [0.2, 0.25) is 24.2 Å². The molecule has 13 heavy (non-hydrogen) atoms. The van der Waals surface area contributed by atoms with Crippen LogP contribution < -0.4 is 0 Å². The Labute approximate surface area is 85.1 Å². The van der Waals surface area contributed by atoms with Crippen LogP contribution in [0.3, 0.4) is 0 Å². The summed E-state index contributed by atoms with van der Waals surface area (Å²) in [5.74, 6) is 0. The molecule has 0 nitrogen and oxygen atoms in total. The molecule has 1 aliphatic rings. The molecular weight excluding hydrogens is 172 g/mol. The third-order valence-electron chi connectivity index (χ3n) is 5.83. The Bertz CT molecular complexity index is 197. The molecule has 0 radical (unpaired) electrons. The standard InChI is InChI=1S/C12H26Si/c1-10(2)9-13(7,8)12(5,6)11(10,3)4/h9H2,1-8H3. The molecule has 0 N–H and O–H groups in total. The predicted octanol–water partition coefficient (Wildman–Crippen LogP) is 4.54. The van der Waals surface area contributed by atoms with E-state index in [1.165, 1.54) is 6.04 Å². The van der Waals surface area contributed by atoms with Crippen molar-refractivity contribution in [3.05, 3.63) is 0 Å². The highest BCUT2D eigenvalue weighted by atomic mass is 28.3. The maximum atomic E-state index is 2.56. The first-order chi connectivity index (χ1) is 5.46. The maximum absolute atomic E-state index is 2.56. The van der Waals surface area contributed by atoms with Crippen molar-refractivity contribution >= 4 is 8.07 Å². The van der Waals surface area contributed by atoms with Gasteiger partial charge in [0.25, 0.3) is 0 Å². The number of hydrogen-bond donors (Lipinski definition) is 0. The van der Waals surface area contributed by atoms with Crippen LogP contribution >= 0.6 is 0 Å². The molecule has 1 aliphatic heterocycles. The SMILES string of the molecule is CC1(C)C[Si](C)(C)C(C)(C)C1(C)C. The molecule has 0 aromatic rings. The normalized spacial score (nSPS) is 33.2. The van der Waals surface area contributed by atoms with Gasteiger partial charge >= 0.3 is 0 Å². The highest BCUT2D eigenvalue weighted by Gasteiger charge is 2.62. The van der Waals surface area contributed by atoms with E-state index < -0.39 is 8.07 Å². The Hall–Kier alpha value is 0.217. The average Bonchev–Trinajstić information content (AvgIpc) is 1.88. The van der Waals surface area contributed by atoms with Gasteiger partial charge in [-0.1, -0.05) is 60.7 Å². The topological polar surface area (TPSA) is 0 Å². The van der Waals surface area contributed by atoms with Crippen molar-refractivity contribution in [2.75, 3.05) is 0 Å². The molecule has 0 saturated carbocycles. The molecule has 0 aromatic heterocycles. The summed E-state index contributed by atoms with van der Waals surface area (Å²) in [5, 5.41) is 0.559. The number of hydrogen-bond acceptors (Lipinski definition) is 0. The second-order valence-electron chi connectivity index (χ2n) is 7.19. The van der Waals surface area contributed by atoms with Gasteiger partial charge in [-0.15, -0.1) is 0 Å². The minimum absolute atomic E-state index is 0.482. The zero-order valence-electron chi connectivity index (χ0n) is 10.7. The van der Waals surface area contributed by atoms with Gasteiger partial charge in [-0.05, 0) is 15.9 Å². The third-order valence-corrected chi connectivity index (χ3v) is 11.6. The fraction of sp³-hybridized carbons (Fsp3) is 1.00. The molecule has 1 heteroatoms. The molecule has 0 aromatic carbocycles. The lowest BCUT2D eigenvalue weighted by Crippen LogP contribution is -2.40. The first-order valence-corrected chi connectivity index (χ1v) is 8.66. The second-order valence-corrected chi connectivity index (χ2v) is 12.6. The van der Waals surface area contributed by atoms with Crippen LogP contribution in [0.15, 0.2) is 0 Å². The Balaban J connectivity index is 3.24. The fourth-order valence-electron chi connectivity index (χ4n) is 3.24. The summed E-state index contributed by atoms with van der Waals surface area (Å²) >= 11 is 0. The van der Waals surface area contributed by atoms with Gasteiger partial charge in [0.05, 0.1) is 8.07 Å². The van der Waals surface area contributed by atoms with Crippen molar-refractivity contribution in [3.8, 4) is 0 Å². The van der Waals surface area contributed by atoms with Crippen LogP contribution in [-0.2, 0) is 0 Å². The van der Waals surface area contributed by atoms with Gasteiger partial charge in [0.15, 0.2) is 0 Å². The Kier molecular flexibility index (Phi) is 2.10. The third kappa shape index (κ3) is 1.16. The van der Waals surface area contributed by atoms with Gasteiger partial charge in [-0.2, -0.15) is 0 Å². The van der Waals surface area contributed by atoms with Crippen molar-refractivity contribution in [3.63, 3.8) is 0 Å². The summed E-state index contributed by atoms with van der Waals surface area (Å²) in [7, 11) is -1.04. The van der Waals surface area contributed by atoms with Crippen molar-refractivity contribution in [1.82, 2.24) is 0 Å². The van der Waals surface area contributed by atoms with E-state index in [-0.39, 0.29) is 0 Å². The first-order valence-electron chi connectivity index (χ1n) is 5.46. The van der Waals surface area contributed by atoms with E-state index in [1.54, 1.807) is 0 Å². The van der Waals surface area contributed by atoms with E-state index in [4.69, 9.17) is 0 Å². The summed E-state index contributed by atoms with van der Waals surface area (Å²) in [6, 6.07) is 1.47. The summed E-state index contributed by atoms with van der Waals surface area (Å²) in [6.07, 6.45) is 0. The maximum Gasteiger partial charge on any atom is 0.0541 e. The van der Waals surface area contributed by atoms with E-state index in [9.17, 15) is 0 Å². The second kappa shape index (κ2) is 2.42. The van der Waals surface area contributed by atoms with Gasteiger partial charge in [0, 0.05) is 0 Å². The Morgan fingerprint density at radius 2 is 1.23 bits per heavy atom. The van der Waals surface area contributed by atoms with Crippen LogP contribution in [0.25, 0.3) is 0 Å². The van der Waals surface area contributed by atoms with Crippen LogP contribution in [-0.4, -0.2) is 8.07 Å². The van der Waals surface area contributed by atoms with Crippen molar-refractivity contribution < 1.29 is 0 Å². The van der Waals surface area contributed by atoms with Crippen LogP contribution in [0.1, 0.15) is 41.5 Å². The fourth-order valence-corrected chi connectivity index (χ4v) is 8.36. The Morgan fingerprint density at radius 3 is 1.31 bits per heavy atom. The van der Waals surface area contributed by atoms with Crippen molar-refractivity contribution in [1.29, 1.82) is 0 Å². The summed E-state index contributed by atoms with van der Waals surface area (Å²) in [4.78, 5) is 0. The molecule has 0 amide bonds. The van der Waals surface area contributed by atoms with E-state index in [0.29, 0.717) is 15.9 Å². The van der Waals surface area contributed by atoms with Crippen LogP contribution in [0.4, 0.5) is 0 Å². The molecule has 78 valence electrons. The minimum atomic E-state index is -1.04. The summed E-state index contributed by atoms with van der Waals surface area (Å²) in [5.41, 5.74) is 1.00. The highest BCUT2D eigenvalue weighted by Crippen LogP contribution is 2.70. The van der Waals surface area contributed by atoms with E-state index >= 15 is 0 Å².